The Labute approximate surface area is 95.2 Å². The molecule has 0 aromatic carbocycles. The van der Waals surface area contributed by atoms with Crippen LogP contribution in [0.4, 0.5) is 0 Å². The van der Waals surface area contributed by atoms with E-state index in [0.717, 1.165) is 19.4 Å². The molecule has 0 aromatic rings. The minimum Gasteiger partial charge on any atom is -0.338 e. The van der Waals surface area contributed by atoms with E-state index in [0.29, 0.717) is 16.8 Å². The standard InChI is InChI=1S/C11H20BrNO/c1-5-11(3,4)10(14)13-7-9(12)6-8(13)2/h8-9H,5-7H2,1-4H3. The van der Waals surface area contributed by atoms with Crippen molar-refractivity contribution in [1.29, 1.82) is 0 Å². The lowest BCUT2D eigenvalue weighted by molar-refractivity contribution is -0.141. The summed E-state index contributed by atoms with van der Waals surface area (Å²) in [5.74, 6) is 0.300. The number of alkyl halides is 1. The zero-order chi connectivity index (χ0) is 10.9. The molecule has 0 aliphatic carbocycles. The smallest absolute Gasteiger partial charge is 0.228 e. The molecule has 1 rings (SSSR count). The monoisotopic (exact) mass is 261 g/mol. The van der Waals surface area contributed by atoms with Gasteiger partial charge in [-0.05, 0) is 19.8 Å². The zero-order valence-electron chi connectivity index (χ0n) is 9.51. The van der Waals surface area contributed by atoms with Crippen LogP contribution in [0.2, 0.25) is 0 Å². The summed E-state index contributed by atoms with van der Waals surface area (Å²) in [5.41, 5.74) is -0.203. The third kappa shape index (κ3) is 2.30. The van der Waals surface area contributed by atoms with Crippen molar-refractivity contribution in [2.75, 3.05) is 6.54 Å². The second-order valence-electron chi connectivity index (χ2n) is 4.88. The van der Waals surface area contributed by atoms with E-state index >= 15 is 0 Å². The van der Waals surface area contributed by atoms with Gasteiger partial charge in [0.1, 0.15) is 0 Å². The van der Waals surface area contributed by atoms with Crippen molar-refractivity contribution in [3.05, 3.63) is 0 Å². The highest BCUT2D eigenvalue weighted by atomic mass is 79.9. The first kappa shape index (κ1) is 12.0. The van der Waals surface area contributed by atoms with E-state index in [1.165, 1.54) is 0 Å². The third-order valence-electron chi connectivity index (χ3n) is 3.25. The SMILES string of the molecule is CCC(C)(C)C(=O)N1CC(Br)CC1C. The summed E-state index contributed by atoms with van der Waals surface area (Å²) in [6, 6.07) is 0.387. The highest BCUT2D eigenvalue weighted by Gasteiger charge is 2.37. The van der Waals surface area contributed by atoms with Crippen LogP contribution in [-0.2, 0) is 4.79 Å². The van der Waals surface area contributed by atoms with Crippen LogP contribution < -0.4 is 0 Å². The fraction of sp³-hybridized carbons (Fsp3) is 0.909. The molecule has 2 nitrogen and oxygen atoms in total. The maximum absolute atomic E-state index is 12.2. The van der Waals surface area contributed by atoms with Crippen LogP contribution in [0.1, 0.15) is 40.5 Å². The molecule has 1 aliphatic rings. The minimum atomic E-state index is -0.203. The molecule has 82 valence electrons. The van der Waals surface area contributed by atoms with E-state index in [4.69, 9.17) is 0 Å². The third-order valence-corrected chi connectivity index (χ3v) is 3.91. The summed E-state index contributed by atoms with van der Waals surface area (Å²) in [4.78, 5) is 14.7. The molecule has 0 aromatic heterocycles. The van der Waals surface area contributed by atoms with E-state index in [2.05, 4.69) is 29.8 Å². The first-order valence-corrected chi connectivity index (χ1v) is 6.25. The van der Waals surface area contributed by atoms with Gasteiger partial charge in [-0.25, -0.2) is 0 Å². The van der Waals surface area contributed by atoms with Gasteiger partial charge in [-0.2, -0.15) is 0 Å². The van der Waals surface area contributed by atoms with Crippen molar-refractivity contribution in [2.24, 2.45) is 5.41 Å². The van der Waals surface area contributed by atoms with Gasteiger partial charge < -0.3 is 4.90 Å². The van der Waals surface area contributed by atoms with Crippen LogP contribution in [0.5, 0.6) is 0 Å². The number of nitrogens with zero attached hydrogens (tertiary/aromatic N) is 1. The predicted molar refractivity (Wildman–Crippen MR) is 62.6 cm³/mol. The Balaban J connectivity index is 2.70. The molecular formula is C11H20BrNO. The van der Waals surface area contributed by atoms with Crippen LogP contribution in [0, 0.1) is 5.41 Å². The lowest BCUT2D eigenvalue weighted by atomic mass is 9.88. The van der Waals surface area contributed by atoms with Crippen LogP contribution >= 0.6 is 15.9 Å². The second kappa shape index (κ2) is 4.21. The van der Waals surface area contributed by atoms with E-state index in [1.54, 1.807) is 0 Å². The Morgan fingerprint density at radius 2 is 2.14 bits per heavy atom. The molecule has 1 amide bonds. The Morgan fingerprint density at radius 3 is 2.50 bits per heavy atom. The Morgan fingerprint density at radius 1 is 1.57 bits per heavy atom. The van der Waals surface area contributed by atoms with Gasteiger partial charge in [0.15, 0.2) is 0 Å². The molecule has 0 saturated carbocycles. The van der Waals surface area contributed by atoms with Crippen molar-refractivity contribution >= 4 is 21.8 Å². The van der Waals surface area contributed by atoms with E-state index in [1.807, 2.05) is 18.7 Å². The van der Waals surface area contributed by atoms with E-state index in [9.17, 15) is 4.79 Å². The summed E-state index contributed by atoms with van der Waals surface area (Å²) < 4.78 is 0. The average Bonchev–Trinajstić information content (AvgIpc) is 2.44. The zero-order valence-corrected chi connectivity index (χ0v) is 11.1. The molecule has 0 N–H and O–H groups in total. The predicted octanol–water partition coefficient (Wildman–Crippen LogP) is 2.81. The number of rotatable bonds is 2. The normalized spacial score (nSPS) is 28.2. The molecule has 1 aliphatic heterocycles. The minimum absolute atomic E-state index is 0.203. The van der Waals surface area contributed by atoms with Crippen molar-refractivity contribution in [3.63, 3.8) is 0 Å². The summed E-state index contributed by atoms with van der Waals surface area (Å²) in [5, 5.41) is 0. The fourth-order valence-electron chi connectivity index (χ4n) is 1.79. The van der Waals surface area contributed by atoms with Crippen molar-refractivity contribution < 1.29 is 4.79 Å². The van der Waals surface area contributed by atoms with Crippen molar-refractivity contribution in [1.82, 2.24) is 4.90 Å². The van der Waals surface area contributed by atoms with Crippen molar-refractivity contribution in [3.8, 4) is 0 Å². The number of halogens is 1. The topological polar surface area (TPSA) is 20.3 Å². The molecule has 0 radical (unpaired) electrons. The van der Waals surface area contributed by atoms with Crippen LogP contribution in [-0.4, -0.2) is 28.2 Å². The Kier molecular flexibility index (Phi) is 3.62. The largest absolute Gasteiger partial charge is 0.338 e. The van der Waals surface area contributed by atoms with E-state index < -0.39 is 0 Å². The van der Waals surface area contributed by atoms with Gasteiger partial charge in [-0.15, -0.1) is 0 Å². The lowest BCUT2D eigenvalue weighted by Crippen LogP contribution is -2.42. The van der Waals surface area contributed by atoms with Crippen molar-refractivity contribution in [2.45, 2.75) is 51.4 Å². The Bertz CT molecular complexity index is 227. The number of carbonyl (C=O) groups excluding carboxylic acids is 1. The maximum Gasteiger partial charge on any atom is 0.228 e. The van der Waals surface area contributed by atoms with Crippen LogP contribution in [0.3, 0.4) is 0 Å². The van der Waals surface area contributed by atoms with E-state index in [-0.39, 0.29) is 5.41 Å². The summed E-state index contributed by atoms with van der Waals surface area (Å²) in [6.45, 7) is 9.13. The average molecular weight is 262 g/mol. The first-order valence-electron chi connectivity index (χ1n) is 5.33. The van der Waals surface area contributed by atoms with Gasteiger partial charge in [-0.1, -0.05) is 36.7 Å². The lowest BCUT2D eigenvalue weighted by Gasteiger charge is -2.31. The first-order chi connectivity index (χ1) is 6.38. The Hall–Kier alpha value is -0.0500. The molecule has 3 heteroatoms. The molecule has 1 fully saturated rings. The number of likely N-dealkylation sites (tertiary alicyclic amines) is 1. The fourth-order valence-corrected chi connectivity index (χ4v) is 2.64. The molecule has 2 unspecified atom stereocenters. The van der Waals surface area contributed by atoms with Gasteiger partial charge in [0, 0.05) is 22.8 Å². The van der Waals surface area contributed by atoms with Gasteiger partial charge >= 0.3 is 0 Å². The molecule has 2 atom stereocenters. The molecule has 14 heavy (non-hydrogen) atoms. The van der Waals surface area contributed by atoms with Gasteiger partial charge in [0.25, 0.3) is 0 Å². The number of amides is 1. The molecular weight excluding hydrogens is 242 g/mol. The highest BCUT2D eigenvalue weighted by molar-refractivity contribution is 9.09. The van der Waals surface area contributed by atoms with Gasteiger partial charge in [0.2, 0.25) is 5.91 Å². The summed E-state index contributed by atoms with van der Waals surface area (Å²) >= 11 is 3.58. The van der Waals surface area contributed by atoms with Gasteiger partial charge in [0.05, 0.1) is 0 Å². The number of carbonyl (C=O) groups is 1. The molecule has 1 heterocycles. The van der Waals surface area contributed by atoms with Gasteiger partial charge in [-0.3, -0.25) is 4.79 Å². The molecule has 0 spiro atoms. The molecule has 1 saturated heterocycles. The van der Waals surface area contributed by atoms with Crippen LogP contribution in [0.15, 0.2) is 0 Å². The quantitative estimate of drug-likeness (QED) is 0.701. The maximum atomic E-state index is 12.2. The second-order valence-corrected chi connectivity index (χ2v) is 6.17. The van der Waals surface area contributed by atoms with Crippen LogP contribution in [0.25, 0.3) is 0 Å². The highest BCUT2D eigenvalue weighted by Crippen LogP contribution is 2.30. The number of hydrogen-bond acceptors (Lipinski definition) is 1. The summed E-state index contributed by atoms with van der Waals surface area (Å²) in [7, 11) is 0. The number of hydrogen-bond donors (Lipinski definition) is 0. The molecule has 0 bridgehead atoms. The summed E-state index contributed by atoms with van der Waals surface area (Å²) in [6.07, 6.45) is 1.98.